The Balaban J connectivity index is 1.52. The van der Waals surface area contributed by atoms with Gasteiger partial charge in [-0.05, 0) is 46.5 Å². The summed E-state index contributed by atoms with van der Waals surface area (Å²) in [5.41, 5.74) is 9.17. The molecule has 1 atom stereocenters. The lowest BCUT2D eigenvalue weighted by Gasteiger charge is -2.15. The average molecular weight is 452 g/mol. The molecule has 0 bridgehead atoms. The number of hydrogen-bond donors (Lipinski definition) is 2. The van der Waals surface area contributed by atoms with Crippen LogP contribution in [-0.2, 0) is 12.8 Å². The van der Waals surface area contributed by atoms with Gasteiger partial charge in [-0.25, -0.2) is 0 Å². The molecule has 3 N–H and O–H groups in total. The van der Waals surface area contributed by atoms with E-state index >= 15 is 0 Å². The van der Waals surface area contributed by atoms with Crippen molar-refractivity contribution < 1.29 is 23.0 Å². The summed E-state index contributed by atoms with van der Waals surface area (Å²) < 4.78 is 46.8. The Kier molecular flexibility index (Phi) is 6.62. The van der Waals surface area contributed by atoms with Crippen LogP contribution in [0.5, 0.6) is 5.75 Å². The van der Waals surface area contributed by atoms with Gasteiger partial charge in [0.15, 0.2) is 0 Å². The minimum Gasteiger partial charge on any atom is -0.488 e. The summed E-state index contributed by atoms with van der Waals surface area (Å²) in [4.78, 5) is 4.26. The van der Waals surface area contributed by atoms with Gasteiger partial charge < -0.3 is 15.6 Å². The highest BCUT2D eigenvalue weighted by Gasteiger charge is 2.35. The number of hydrogen-bond acceptors (Lipinski definition) is 4. The number of ether oxygens (including phenoxy) is 1. The number of aliphatic hydroxyl groups excluding tert-OH is 1. The SMILES string of the molecule is NC(CO)C1=CC(c2ccc(OCc3ccc(-c4ccccc4)cc3)c(C(F)(F)F)c2)=NC1. The van der Waals surface area contributed by atoms with E-state index in [1.807, 2.05) is 54.6 Å². The molecular weight excluding hydrogens is 429 g/mol. The predicted octanol–water partition coefficient (Wildman–Crippen LogP) is 5.00. The van der Waals surface area contributed by atoms with Crippen LogP contribution < -0.4 is 10.5 Å². The number of alkyl halides is 3. The molecule has 3 aromatic rings. The first-order valence-electron chi connectivity index (χ1n) is 10.5. The zero-order valence-electron chi connectivity index (χ0n) is 17.7. The van der Waals surface area contributed by atoms with Crippen molar-refractivity contribution in [3.63, 3.8) is 0 Å². The average Bonchev–Trinajstić information content (AvgIpc) is 3.33. The van der Waals surface area contributed by atoms with Crippen LogP contribution in [0, 0.1) is 0 Å². The third-order valence-electron chi connectivity index (χ3n) is 5.46. The summed E-state index contributed by atoms with van der Waals surface area (Å²) in [6.45, 7) is 0.0189. The van der Waals surface area contributed by atoms with Crippen LogP contribution in [0.3, 0.4) is 0 Å². The lowest BCUT2D eigenvalue weighted by atomic mass is 10.0. The van der Waals surface area contributed by atoms with E-state index in [4.69, 9.17) is 10.5 Å². The molecule has 170 valence electrons. The van der Waals surface area contributed by atoms with E-state index < -0.39 is 17.8 Å². The zero-order chi connectivity index (χ0) is 23.4. The molecular formula is C26H23F3N2O2. The normalized spacial score (nSPS) is 14.6. The van der Waals surface area contributed by atoms with E-state index in [-0.39, 0.29) is 25.5 Å². The first-order chi connectivity index (χ1) is 15.8. The molecule has 1 aliphatic heterocycles. The van der Waals surface area contributed by atoms with Crippen molar-refractivity contribution in [1.29, 1.82) is 0 Å². The number of halogens is 3. The molecule has 0 aliphatic carbocycles. The largest absolute Gasteiger partial charge is 0.488 e. The first-order valence-corrected chi connectivity index (χ1v) is 10.5. The fourth-order valence-electron chi connectivity index (χ4n) is 3.58. The summed E-state index contributed by atoms with van der Waals surface area (Å²) in [7, 11) is 0. The molecule has 4 nitrogen and oxygen atoms in total. The predicted molar refractivity (Wildman–Crippen MR) is 122 cm³/mol. The molecule has 0 amide bonds. The molecule has 0 fully saturated rings. The lowest BCUT2D eigenvalue weighted by Crippen LogP contribution is -2.27. The van der Waals surface area contributed by atoms with E-state index in [9.17, 15) is 18.3 Å². The number of aliphatic imine (C=N–C) groups is 1. The second-order valence-electron chi connectivity index (χ2n) is 7.77. The monoisotopic (exact) mass is 452 g/mol. The minimum atomic E-state index is -4.59. The topological polar surface area (TPSA) is 67.8 Å². The van der Waals surface area contributed by atoms with Crippen molar-refractivity contribution in [2.75, 3.05) is 13.2 Å². The van der Waals surface area contributed by atoms with Gasteiger partial charge >= 0.3 is 6.18 Å². The Hall–Kier alpha value is -3.42. The molecule has 0 saturated carbocycles. The maximum atomic E-state index is 13.8. The third-order valence-corrected chi connectivity index (χ3v) is 5.46. The molecule has 0 radical (unpaired) electrons. The van der Waals surface area contributed by atoms with Crippen molar-refractivity contribution >= 4 is 5.71 Å². The van der Waals surface area contributed by atoms with E-state index in [2.05, 4.69) is 4.99 Å². The van der Waals surface area contributed by atoms with Crippen LogP contribution >= 0.6 is 0 Å². The highest BCUT2D eigenvalue weighted by molar-refractivity contribution is 6.10. The van der Waals surface area contributed by atoms with E-state index in [1.54, 1.807) is 12.1 Å². The molecule has 0 aromatic heterocycles. The molecule has 1 aliphatic rings. The zero-order valence-corrected chi connectivity index (χ0v) is 17.7. The van der Waals surface area contributed by atoms with Crippen LogP contribution in [-0.4, -0.2) is 30.0 Å². The number of nitrogens with two attached hydrogens (primary N) is 1. The van der Waals surface area contributed by atoms with Gasteiger partial charge in [-0.15, -0.1) is 0 Å². The Morgan fingerprint density at radius 1 is 0.939 bits per heavy atom. The van der Waals surface area contributed by atoms with Gasteiger partial charge in [0.2, 0.25) is 0 Å². The maximum Gasteiger partial charge on any atom is 0.419 e. The summed E-state index contributed by atoms with van der Waals surface area (Å²) in [6.07, 6.45) is -2.96. The highest BCUT2D eigenvalue weighted by atomic mass is 19.4. The van der Waals surface area contributed by atoms with Gasteiger partial charge in [-0.3, -0.25) is 4.99 Å². The van der Waals surface area contributed by atoms with Crippen LogP contribution in [0.15, 0.2) is 89.4 Å². The molecule has 7 heteroatoms. The molecule has 1 unspecified atom stereocenters. The van der Waals surface area contributed by atoms with Crippen molar-refractivity contribution in [3.05, 3.63) is 101 Å². The van der Waals surface area contributed by atoms with Crippen molar-refractivity contribution in [2.24, 2.45) is 10.7 Å². The van der Waals surface area contributed by atoms with E-state index in [0.717, 1.165) is 22.8 Å². The van der Waals surface area contributed by atoms with Crippen LogP contribution in [0.1, 0.15) is 16.7 Å². The van der Waals surface area contributed by atoms with Gasteiger partial charge in [-0.1, -0.05) is 54.6 Å². The number of aliphatic hydroxyl groups is 1. The number of rotatable bonds is 7. The van der Waals surface area contributed by atoms with Gasteiger partial charge in [0.1, 0.15) is 12.4 Å². The molecule has 1 heterocycles. The van der Waals surface area contributed by atoms with Gasteiger partial charge in [-0.2, -0.15) is 13.2 Å². The summed E-state index contributed by atoms with van der Waals surface area (Å²) in [5, 5.41) is 9.18. The van der Waals surface area contributed by atoms with E-state index in [0.29, 0.717) is 16.8 Å². The molecule has 3 aromatic carbocycles. The van der Waals surface area contributed by atoms with Crippen molar-refractivity contribution in [2.45, 2.75) is 18.8 Å². The van der Waals surface area contributed by atoms with Gasteiger partial charge in [0.25, 0.3) is 0 Å². The van der Waals surface area contributed by atoms with E-state index in [1.165, 1.54) is 6.07 Å². The van der Waals surface area contributed by atoms with Crippen LogP contribution in [0.25, 0.3) is 11.1 Å². The molecule has 0 saturated heterocycles. The highest BCUT2D eigenvalue weighted by Crippen LogP contribution is 2.37. The van der Waals surface area contributed by atoms with Crippen LogP contribution in [0.2, 0.25) is 0 Å². The maximum absolute atomic E-state index is 13.8. The second kappa shape index (κ2) is 9.60. The minimum absolute atomic E-state index is 0.00778. The Bertz CT molecular complexity index is 1170. The van der Waals surface area contributed by atoms with Crippen LogP contribution in [0.4, 0.5) is 13.2 Å². The second-order valence-corrected chi connectivity index (χ2v) is 7.77. The number of benzene rings is 3. The third kappa shape index (κ3) is 5.32. The quantitative estimate of drug-likeness (QED) is 0.530. The smallest absolute Gasteiger partial charge is 0.419 e. The Morgan fingerprint density at radius 2 is 1.61 bits per heavy atom. The first kappa shape index (κ1) is 22.8. The van der Waals surface area contributed by atoms with Gasteiger partial charge in [0, 0.05) is 5.56 Å². The Labute approximate surface area is 189 Å². The van der Waals surface area contributed by atoms with Gasteiger partial charge in [0.05, 0.1) is 30.5 Å². The summed E-state index contributed by atoms with van der Waals surface area (Å²) in [5.74, 6) is -0.242. The summed E-state index contributed by atoms with van der Waals surface area (Å²) >= 11 is 0. The number of nitrogens with zero attached hydrogens (tertiary/aromatic N) is 1. The summed E-state index contributed by atoms with van der Waals surface area (Å²) in [6, 6.07) is 20.7. The fraction of sp³-hybridized carbons (Fsp3) is 0.192. The lowest BCUT2D eigenvalue weighted by molar-refractivity contribution is -0.139. The van der Waals surface area contributed by atoms with Crippen molar-refractivity contribution in [3.8, 4) is 16.9 Å². The standard InChI is InChI=1S/C26H23F3N2O2/c27-26(28,29)22-12-20(24-13-21(14-31-24)23(30)15-32)10-11-25(22)33-16-17-6-8-19(9-7-17)18-4-2-1-3-5-18/h1-13,23,32H,14-16,30H2. The molecule has 4 rings (SSSR count). The number of allylic oxidation sites excluding steroid dienone is 1. The van der Waals surface area contributed by atoms with Crippen molar-refractivity contribution in [1.82, 2.24) is 0 Å². The fourth-order valence-corrected chi connectivity index (χ4v) is 3.58. The molecule has 0 spiro atoms. The molecule has 33 heavy (non-hydrogen) atoms. The Morgan fingerprint density at radius 3 is 2.27 bits per heavy atom.